The SMILES string of the molecule is Oc1[nH]c2ccc(OC(F)(F)F)cc2c1N=NC(=S)Nc1ccc(C(F)(F)F)cc1. The summed E-state index contributed by atoms with van der Waals surface area (Å²) in [6.07, 6.45) is -9.39. The van der Waals surface area contributed by atoms with Crippen molar-refractivity contribution < 1.29 is 36.2 Å². The van der Waals surface area contributed by atoms with Gasteiger partial charge in [-0.3, -0.25) is 0 Å². The lowest BCUT2D eigenvalue weighted by molar-refractivity contribution is -0.274. The van der Waals surface area contributed by atoms with Gasteiger partial charge >= 0.3 is 12.5 Å². The highest BCUT2D eigenvalue weighted by Gasteiger charge is 2.31. The van der Waals surface area contributed by atoms with Crippen LogP contribution in [0.2, 0.25) is 0 Å². The van der Waals surface area contributed by atoms with Gasteiger partial charge in [0.25, 0.3) is 0 Å². The lowest BCUT2D eigenvalue weighted by Gasteiger charge is -2.08. The number of fused-ring (bicyclic) bond motifs is 1. The quantitative estimate of drug-likeness (QED) is 0.251. The van der Waals surface area contributed by atoms with Crippen molar-refractivity contribution in [1.29, 1.82) is 0 Å². The zero-order valence-electron chi connectivity index (χ0n) is 14.5. The van der Waals surface area contributed by atoms with E-state index < -0.39 is 29.7 Å². The van der Waals surface area contributed by atoms with Gasteiger partial charge in [-0.05, 0) is 54.7 Å². The van der Waals surface area contributed by atoms with Crippen LogP contribution in [0.15, 0.2) is 52.7 Å². The number of rotatable bonds is 3. The number of nitrogens with one attached hydrogen (secondary N) is 2. The van der Waals surface area contributed by atoms with Gasteiger partial charge in [-0.25, -0.2) is 0 Å². The molecule has 13 heteroatoms. The molecule has 1 aromatic heterocycles. The third-order valence-corrected chi connectivity index (χ3v) is 3.85. The van der Waals surface area contributed by atoms with Crippen molar-refractivity contribution in [2.75, 3.05) is 5.32 Å². The zero-order valence-corrected chi connectivity index (χ0v) is 15.3. The number of nitrogens with zero attached hydrogens (tertiary/aromatic N) is 2. The van der Waals surface area contributed by atoms with Crippen LogP contribution in [0.25, 0.3) is 10.9 Å². The molecule has 0 unspecified atom stereocenters. The van der Waals surface area contributed by atoms with E-state index in [1.54, 1.807) is 0 Å². The Morgan fingerprint density at radius 2 is 1.70 bits per heavy atom. The van der Waals surface area contributed by atoms with E-state index >= 15 is 0 Å². The minimum atomic E-state index is -4.90. The van der Waals surface area contributed by atoms with Crippen LogP contribution in [0.3, 0.4) is 0 Å². The summed E-state index contributed by atoms with van der Waals surface area (Å²) in [5, 5.41) is 19.6. The van der Waals surface area contributed by atoms with Gasteiger partial charge < -0.3 is 20.1 Å². The van der Waals surface area contributed by atoms with E-state index in [2.05, 4.69) is 25.3 Å². The first kappa shape index (κ1) is 21.4. The van der Waals surface area contributed by atoms with Crippen molar-refractivity contribution in [1.82, 2.24) is 4.98 Å². The molecule has 30 heavy (non-hydrogen) atoms. The number of aromatic hydroxyl groups is 1. The fourth-order valence-corrected chi connectivity index (χ4v) is 2.59. The molecule has 2 aromatic carbocycles. The number of H-pyrrole nitrogens is 1. The van der Waals surface area contributed by atoms with Crippen LogP contribution < -0.4 is 10.1 Å². The molecule has 158 valence electrons. The summed E-state index contributed by atoms with van der Waals surface area (Å²) in [5.41, 5.74) is -0.580. The molecule has 3 rings (SSSR count). The van der Waals surface area contributed by atoms with Crippen LogP contribution in [0.5, 0.6) is 11.6 Å². The number of thiocarbonyl (C=S) groups is 1. The third-order valence-electron chi connectivity index (χ3n) is 3.66. The standard InChI is InChI=1S/C17H10F6N4O2S/c18-16(19,20)8-1-3-9(4-2-8)24-15(30)27-26-13-11-7-10(29-17(21,22)23)5-6-12(11)25-14(13)28/h1-7,25,28H,(H,24,30). The summed E-state index contributed by atoms with van der Waals surface area (Å²) in [7, 11) is 0. The molecule has 0 aliphatic heterocycles. The molecule has 0 aliphatic carbocycles. The number of hydrogen-bond acceptors (Lipinski definition) is 4. The smallest absolute Gasteiger partial charge is 0.493 e. The minimum Gasteiger partial charge on any atom is -0.493 e. The molecule has 0 saturated heterocycles. The number of hydrogen-bond donors (Lipinski definition) is 3. The summed E-state index contributed by atoms with van der Waals surface area (Å²) in [4.78, 5) is 2.51. The summed E-state index contributed by atoms with van der Waals surface area (Å²) >= 11 is 4.92. The van der Waals surface area contributed by atoms with E-state index in [1.165, 1.54) is 6.07 Å². The maximum absolute atomic E-state index is 12.6. The van der Waals surface area contributed by atoms with Gasteiger partial charge in [0, 0.05) is 11.1 Å². The molecule has 6 nitrogen and oxygen atoms in total. The van der Waals surface area contributed by atoms with Crippen LogP contribution in [0, 0.1) is 0 Å². The Bertz CT molecular complexity index is 1110. The predicted molar refractivity (Wildman–Crippen MR) is 98.8 cm³/mol. The first-order chi connectivity index (χ1) is 13.9. The third kappa shape index (κ3) is 5.17. The number of aromatic nitrogens is 1. The average molecular weight is 448 g/mol. The lowest BCUT2D eigenvalue weighted by Crippen LogP contribution is -2.16. The fourth-order valence-electron chi connectivity index (χ4n) is 2.43. The van der Waals surface area contributed by atoms with E-state index in [4.69, 9.17) is 12.2 Å². The molecule has 0 aliphatic rings. The van der Waals surface area contributed by atoms with Gasteiger partial charge in [-0.2, -0.15) is 13.2 Å². The largest absolute Gasteiger partial charge is 0.573 e. The summed E-state index contributed by atoms with van der Waals surface area (Å²) in [5.74, 6) is -1.01. The minimum absolute atomic E-state index is 0.0790. The normalized spacial score (nSPS) is 12.5. The number of alkyl halides is 6. The van der Waals surface area contributed by atoms with Gasteiger partial charge in [0.05, 0.1) is 11.1 Å². The lowest BCUT2D eigenvalue weighted by atomic mass is 10.2. The Morgan fingerprint density at radius 1 is 1.03 bits per heavy atom. The Kier molecular flexibility index (Phi) is 5.57. The summed E-state index contributed by atoms with van der Waals surface area (Å²) < 4.78 is 78.7. The predicted octanol–water partition coefficient (Wildman–Crippen LogP) is 6.27. The summed E-state index contributed by atoms with van der Waals surface area (Å²) in [6.45, 7) is 0. The first-order valence-corrected chi connectivity index (χ1v) is 8.33. The molecule has 0 fully saturated rings. The molecule has 1 heterocycles. The topological polar surface area (TPSA) is 82.0 Å². The van der Waals surface area contributed by atoms with Crippen molar-refractivity contribution in [2.45, 2.75) is 12.5 Å². The molecular formula is C17H10F6N4O2S. The van der Waals surface area contributed by atoms with Gasteiger partial charge in [0.15, 0.2) is 5.69 Å². The van der Waals surface area contributed by atoms with Crippen LogP contribution in [-0.2, 0) is 6.18 Å². The Hall–Kier alpha value is -3.35. The molecule has 0 bridgehead atoms. The van der Waals surface area contributed by atoms with Gasteiger partial charge in [-0.15, -0.1) is 23.4 Å². The maximum atomic E-state index is 12.6. The Morgan fingerprint density at radius 3 is 2.30 bits per heavy atom. The maximum Gasteiger partial charge on any atom is 0.573 e. The van der Waals surface area contributed by atoms with Crippen molar-refractivity contribution >= 4 is 39.6 Å². The molecule has 0 radical (unpaired) electrons. The van der Waals surface area contributed by atoms with Crippen LogP contribution in [0.4, 0.5) is 37.7 Å². The highest BCUT2D eigenvalue weighted by molar-refractivity contribution is 7.80. The number of benzene rings is 2. The van der Waals surface area contributed by atoms with E-state index in [0.717, 1.165) is 36.4 Å². The van der Waals surface area contributed by atoms with Crippen LogP contribution in [-0.4, -0.2) is 21.6 Å². The van der Waals surface area contributed by atoms with E-state index in [1.807, 2.05) is 0 Å². The highest BCUT2D eigenvalue weighted by atomic mass is 32.1. The van der Waals surface area contributed by atoms with Crippen LogP contribution >= 0.6 is 12.2 Å². The van der Waals surface area contributed by atoms with E-state index in [-0.39, 0.29) is 27.4 Å². The van der Waals surface area contributed by atoms with Crippen molar-refractivity contribution in [3.8, 4) is 11.6 Å². The molecular weight excluding hydrogens is 438 g/mol. The Balaban J connectivity index is 1.78. The summed E-state index contributed by atoms with van der Waals surface area (Å²) in [6, 6.07) is 7.24. The first-order valence-electron chi connectivity index (χ1n) is 7.93. The van der Waals surface area contributed by atoms with Gasteiger partial charge in [0.1, 0.15) is 5.75 Å². The van der Waals surface area contributed by atoms with Gasteiger partial charge in [-0.1, -0.05) is 0 Å². The zero-order chi connectivity index (χ0) is 22.1. The number of aromatic amines is 1. The average Bonchev–Trinajstić information content (AvgIpc) is 2.93. The van der Waals surface area contributed by atoms with Crippen molar-refractivity contribution in [3.63, 3.8) is 0 Å². The number of anilines is 1. The monoisotopic (exact) mass is 448 g/mol. The second-order valence-electron chi connectivity index (χ2n) is 5.78. The molecule has 0 spiro atoms. The van der Waals surface area contributed by atoms with Gasteiger partial charge in [0.2, 0.25) is 11.0 Å². The second kappa shape index (κ2) is 7.82. The molecule has 0 saturated carbocycles. The number of ether oxygens (including phenoxy) is 1. The van der Waals surface area contributed by atoms with Crippen molar-refractivity contribution in [3.05, 3.63) is 48.0 Å². The Labute approximate surface area is 169 Å². The van der Waals surface area contributed by atoms with Crippen LogP contribution in [0.1, 0.15) is 5.56 Å². The number of azo groups is 1. The highest BCUT2D eigenvalue weighted by Crippen LogP contribution is 2.38. The molecule has 3 aromatic rings. The van der Waals surface area contributed by atoms with E-state index in [0.29, 0.717) is 0 Å². The number of halogens is 6. The molecule has 0 atom stereocenters. The molecule has 3 N–H and O–H groups in total. The van der Waals surface area contributed by atoms with E-state index in [9.17, 15) is 31.4 Å². The second-order valence-corrected chi connectivity index (χ2v) is 6.17. The van der Waals surface area contributed by atoms with Crippen molar-refractivity contribution in [2.24, 2.45) is 10.2 Å². The molecule has 0 amide bonds. The fraction of sp³-hybridized carbons (Fsp3) is 0.118.